The normalized spacial score (nSPS) is 20.0. The predicted octanol–water partition coefficient (Wildman–Crippen LogP) is 1.31. The maximum absolute atomic E-state index is 13.1. The fourth-order valence-electron chi connectivity index (χ4n) is 3.79. The van der Waals surface area contributed by atoms with Crippen LogP contribution in [0.5, 0.6) is 0 Å². The second kappa shape index (κ2) is 8.74. The van der Waals surface area contributed by atoms with Crippen molar-refractivity contribution in [1.29, 1.82) is 0 Å². The average molecular weight is 468 g/mol. The number of piperidine rings is 1. The molecule has 1 atom stereocenters. The van der Waals surface area contributed by atoms with Gasteiger partial charge in [-0.25, -0.2) is 0 Å². The van der Waals surface area contributed by atoms with Gasteiger partial charge in [-0.05, 0) is 48.9 Å². The van der Waals surface area contributed by atoms with Gasteiger partial charge >= 0.3 is 0 Å². The number of nitrogens with one attached hydrogen (secondary N) is 2. The van der Waals surface area contributed by atoms with Crippen LogP contribution in [0.25, 0.3) is 0 Å². The molecule has 0 unspecified atom stereocenters. The van der Waals surface area contributed by atoms with Gasteiger partial charge in [0, 0.05) is 13.0 Å². The summed E-state index contributed by atoms with van der Waals surface area (Å²) in [6.45, 7) is 3.57. The van der Waals surface area contributed by atoms with E-state index < -0.39 is 35.1 Å². The van der Waals surface area contributed by atoms with Gasteiger partial charge in [0.1, 0.15) is 10.6 Å². The summed E-state index contributed by atoms with van der Waals surface area (Å²) in [5.74, 6) is -1.88. The lowest BCUT2D eigenvalue weighted by atomic mass is 9.89. The Kier molecular flexibility index (Phi) is 5.98. The molecular formula is C22H21N5O5S. The third kappa shape index (κ3) is 4.11. The standard InChI is InChI=1S/C22H21N5O5S/c1-3-33-17-7-6-15(25-26-17)18(29)23-11-12-4-5-13-14(10-12)20(31)27(19(13)30)22(2)9-8-16(28)24-21(22)32/h4-7,10H,3,8-9,11H2,1-2H3,(H,23,29)(H,24,28,32)/t22-/m0/s1. The highest BCUT2D eigenvalue weighted by Crippen LogP contribution is 2.34. The molecule has 4 rings (SSSR count). The van der Waals surface area contributed by atoms with E-state index in [1.54, 1.807) is 18.2 Å². The first-order chi connectivity index (χ1) is 15.7. The number of nitrogens with zero attached hydrogens (tertiary/aromatic N) is 3. The number of thioether (sulfide) groups is 1. The highest BCUT2D eigenvalue weighted by atomic mass is 32.2. The van der Waals surface area contributed by atoms with Crippen molar-refractivity contribution in [1.82, 2.24) is 25.7 Å². The van der Waals surface area contributed by atoms with Gasteiger partial charge in [-0.1, -0.05) is 13.0 Å². The lowest BCUT2D eigenvalue weighted by molar-refractivity contribution is -0.140. The van der Waals surface area contributed by atoms with Crippen LogP contribution in [-0.4, -0.2) is 55.9 Å². The zero-order chi connectivity index (χ0) is 23.8. The summed E-state index contributed by atoms with van der Waals surface area (Å²) in [5, 5.41) is 13.6. The molecule has 0 bridgehead atoms. The first-order valence-electron chi connectivity index (χ1n) is 10.4. The maximum Gasteiger partial charge on any atom is 0.272 e. The molecule has 5 amide bonds. The van der Waals surface area contributed by atoms with Gasteiger partial charge in [0.15, 0.2) is 5.69 Å². The summed E-state index contributed by atoms with van der Waals surface area (Å²) >= 11 is 1.52. The number of benzene rings is 1. The van der Waals surface area contributed by atoms with Gasteiger partial charge in [0.25, 0.3) is 23.6 Å². The predicted molar refractivity (Wildman–Crippen MR) is 117 cm³/mol. The number of hydrogen-bond acceptors (Lipinski definition) is 8. The van der Waals surface area contributed by atoms with Crippen LogP contribution >= 0.6 is 11.8 Å². The number of amides is 5. The molecule has 2 aromatic rings. The van der Waals surface area contributed by atoms with E-state index in [1.807, 2.05) is 6.92 Å². The van der Waals surface area contributed by atoms with Crippen LogP contribution in [-0.2, 0) is 16.1 Å². The number of fused-ring (bicyclic) bond motifs is 1. The number of imide groups is 2. The molecule has 2 aliphatic heterocycles. The van der Waals surface area contributed by atoms with Gasteiger partial charge in [0.05, 0.1) is 11.1 Å². The molecule has 10 nitrogen and oxygen atoms in total. The van der Waals surface area contributed by atoms with Gasteiger partial charge in [0.2, 0.25) is 5.91 Å². The second-order valence-electron chi connectivity index (χ2n) is 7.85. The molecule has 33 heavy (non-hydrogen) atoms. The van der Waals surface area contributed by atoms with Crippen molar-refractivity contribution < 1.29 is 24.0 Å². The van der Waals surface area contributed by atoms with Crippen LogP contribution in [0.3, 0.4) is 0 Å². The highest BCUT2D eigenvalue weighted by molar-refractivity contribution is 7.99. The van der Waals surface area contributed by atoms with Crippen LogP contribution in [0.2, 0.25) is 0 Å². The van der Waals surface area contributed by atoms with Crippen LogP contribution in [0.15, 0.2) is 35.4 Å². The largest absolute Gasteiger partial charge is 0.347 e. The summed E-state index contributed by atoms with van der Waals surface area (Å²) < 4.78 is 0. The van der Waals surface area contributed by atoms with E-state index >= 15 is 0 Å². The maximum atomic E-state index is 13.1. The molecule has 2 aliphatic rings. The fraction of sp³-hybridized carbons (Fsp3) is 0.318. The number of carbonyl (C=O) groups excluding carboxylic acids is 5. The van der Waals surface area contributed by atoms with Crippen LogP contribution in [0, 0.1) is 0 Å². The van der Waals surface area contributed by atoms with Crippen LogP contribution in [0.1, 0.15) is 63.5 Å². The van der Waals surface area contributed by atoms with E-state index in [-0.39, 0.29) is 36.2 Å². The Hall–Kier alpha value is -3.60. The van der Waals surface area contributed by atoms with Gasteiger partial charge < -0.3 is 5.32 Å². The molecule has 3 heterocycles. The molecule has 0 aliphatic carbocycles. The number of carbonyl (C=O) groups is 5. The van der Waals surface area contributed by atoms with Crippen molar-refractivity contribution in [2.75, 3.05) is 5.75 Å². The van der Waals surface area contributed by atoms with E-state index in [0.717, 1.165) is 15.7 Å². The van der Waals surface area contributed by atoms with E-state index in [9.17, 15) is 24.0 Å². The third-order valence-electron chi connectivity index (χ3n) is 5.64. The highest BCUT2D eigenvalue weighted by Gasteiger charge is 2.52. The SMILES string of the molecule is CCSc1ccc(C(=O)NCc2ccc3c(c2)C(=O)N([C@@]2(C)CCC(=O)NC2=O)C3=O)nn1. The smallest absolute Gasteiger partial charge is 0.272 e. The van der Waals surface area contributed by atoms with E-state index in [0.29, 0.717) is 5.56 Å². The van der Waals surface area contributed by atoms with E-state index in [4.69, 9.17) is 0 Å². The monoisotopic (exact) mass is 467 g/mol. The molecule has 170 valence electrons. The van der Waals surface area contributed by atoms with Crippen molar-refractivity contribution in [2.24, 2.45) is 0 Å². The Morgan fingerprint density at radius 2 is 1.88 bits per heavy atom. The molecule has 11 heteroatoms. The minimum absolute atomic E-state index is 0.0356. The first kappa shape index (κ1) is 22.6. The average Bonchev–Trinajstić information content (AvgIpc) is 3.05. The molecule has 1 aromatic heterocycles. The van der Waals surface area contributed by atoms with Crippen molar-refractivity contribution in [2.45, 2.75) is 43.8 Å². The minimum atomic E-state index is -1.45. The van der Waals surface area contributed by atoms with Gasteiger partial charge in [-0.3, -0.25) is 34.2 Å². The van der Waals surface area contributed by atoms with Gasteiger partial charge in [-0.15, -0.1) is 22.0 Å². The Balaban J connectivity index is 1.48. The number of rotatable bonds is 6. The molecule has 0 spiro atoms. The summed E-state index contributed by atoms with van der Waals surface area (Å²) in [5.41, 5.74) is -0.352. The number of hydrogen-bond donors (Lipinski definition) is 2. The molecule has 1 fully saturated rings. The number of aromatic nitrogens is 2. The van der Waals surface area contributed by atoms with Crippen molar-refractivity contribution >= 4 is 41.3 Å². The summed E-state index contributed by atoms with van der Waals surface area (Å²) in [7, 11) is 0. The minimum Gasteiger partial charge on any atom is -0.347 e. The topological polar surface area (TPSA) is 138 Å². The Bertz CT molecular complexity index is 1180. The molecule has 2 N–H and O–H groups in total. The quantitative estimate of drug-likeness (QED) is 0.479. The Morgan fingerprint density at radius 1 is 1.12 bits per heavy atom. The Labute approximate surface area is 193 Å². The summed E-state index contributed by atoms with van der Waals surface area (Å²) in [4.78, 5) is 63.3. The van der Waals surface area contributed by atoms with Crippen molar-refractivity contribution in [3.63, 3.8) is 0 Å². The summed E-state index contributed by atoms with van der Waals surface area (Å²) in [6.07, 6.45) is 0.0938. The third-order valence-corrected chi connectivity index (χ3v) is 6.45. The van der Waals surface area contributed by atoms with Crippen LogP contribution in [0.4, 0.5) is 0 Å². The van der Waals surface area contributed by atoms with Crippen molar-refractivity contribution in [3.8, 4) is 0 Å². The van der Waals surface area contributed by atoms with Crippen molar-refractivity contribution in [3.05, 3.63) is 52.7 Å². The van der Waals surface area contributed by atoms with E-state index in [1.165, 1.54) is 30.8 Å². The lowest BCUT2D eigenvalue weighted by Gasteiger charge is -2.38. The zero-order valence-corrected chi connectivity index (χ0v) is 18.8. The fourth-order valence-corrected chi connectivity index (χ4v) is 4.35. The molecular weight excluding hydrogens is 446 g/mol. The van der Waals surface area contributed by atoms with Gasteiger partial charge in [-0.2, -0.15) is 0 Å². The van der Waals surface area contributed by atoms with Crippen LogP contribution < -0.4 is 10.6 Å². The lowest BCUT2D eigenvalue weighted by Crippen LogP contribution is -2.62. The Morgan fingerprint density at radius 3 is 2.55 bits per heavy atom. The molecule has 0 radical (unpaired) electrons. The second-order valence-corrected chi connectivity index (χ2v) is 9.13. The first-order valence-corrected chi connectivity index (χ1v) is 11.3. The zero-order valence-electron chi connectivity index (χ0n) is 18.0. The van der Waals surface area contributed by atoms with E-state index in [2.05, 4.69) is 20.8 Å². The molecule has 1 saturated heterocycles. The molecule has 1 aromatic carbocycles. The molecule has 0 saturated carbocycles. The summed E-state index contributed by atoms with van der Waals surface area (Å²) in [6, 6.07) is 7.97.